The van der Waals surface area contributed by atoms with Crippen molar-refractivity contribution in [3.8, 4) is 0 Å². The molecule has 0 radical (unpaired) electrons. The van der Waals surface area contributed by atoms with E-state index < -0.39 is 0 Å². The Morgan fingerprint density at radius 1 is 1.18 bits per heavy atom. The second-order valence-corrected chi connectivity index (χ2v) is 7.87. The summed E-state index contributed by atoms with van der Waals surface area (Å²) in [7, 11) is 0. The fraction of sp³-hybridized carbons (Fsp3) is 0.636. The van der Waals surface area contributed by atoms with Crippen molar-refractivity contribution in [1.82, 2.24) is 15.5 Å². The molecule has 3 rings (SSSR count). The number of anilines is 1. The van der Waals surface area contributed by atoms with Crippen molar-refractivity contribution < 1.29 is 4.79 Å². The Hall–Kier alpha value is -2.24. The smallest absolute Gasteiger partial charge is 0.220 e. The van der Waals surface area contributed by atoms with Crippen molar-refractivity contribution in [1.29, 1.82) is 0 Å². The molecule has 1 aromatic carbocycles. The standard InChI is InChI=1S/C22H35N5O/c1-4-23-22(24-12-6-9-21(28)25-19-10-11-19)27-15-13-26(14-16-27)20-8-5-7-17(2)18(20)3/h5,7-8,19H,4,6,9-16H2,1-3H3,(H,23,24)(H,25,28). The number of rotatable bonds is 7. The van der Waals surface area contributed by atoms with Crippen molar-refractivity contribution in [2.75, 3.05) is 44.2 Å². The minimum Gasteiger partial charge on any atom is -0.368 e. The number of hydrogen-bond acceptors (Lipinski definition) is 3. The lowest BCUT2D eigenvalue weighted by Gasteiger charge is -2.38. The van der Waals surface area contributed by atoms with Gasteiger partial charge in [0.05, 0.1) is 0 Å². The van der Waals surface area contributed by atoms with Gasteiger partial charge in [0, 0.05) is 57.4 Å². The molecule has 1 aromatic rings. The summed E-state index contributed by atoms with van der Waals surface area (Å²) in [5.41, 5.74) is 4.07. The Bertz CT molecular complexity index is 690. The summed E-state index contributed by atoms with van der Waals surface area (Å²) < 4.78 is 0. The van der Waals surface area contributed by atoms with Crippen LogP contribution in [0.15, 0.2) is 23.2 Å². The summed E-state index contributed by atoms with van der Waals surface area (Å²) in [6, 6.07) is 7.00. The number of carbonyl (C=O) groups excluding carboxylic acids is 1. The van der Waals surface area contributed by atoms with Crippen molar-refractivity contribution in [3.63, 3.8) is 0 Å². The molecule has 0 bridgehead atoms. The zero-order chi connectivity index (χ0) is 19.9. The van der Waals surface area contributed by atoms with E-state index in [9.17, 15) is 4.79 Å². The molecule has 0 atom stereocenters. The second kappa shape index (κ2) is 9.80. The fourth-order valence-corrected chi connectivity index (χ4v) is 3.62. The third kappa shape index (κ3) is 5.63. The topological polar surface area (TPSA) is 60.0 Å². The molecule has 0 unspecified atom stereocenters. The van der Waals surface area contributed by atoms with Crippen LogP contribution in [0.2, 0.25) is 0 Å². The van der Waals surface area contributed by atoms with Gasteiger partial charge in [0.15, 0.2) is 5.96 Å². The van der Waals surface area contributed by atoms with Crippen LogP contribution in [0.5, 0.6) is 0 Å². The number of amides is 1. The molecular weight excluding hydrogens is 350 g/mol. The van der Waals surface area contributed by atoms with E-state index in [2.05, 4.69) is 59.4 Å². The first-order valence-electron chi connectivity index (χ1n) is 10.7. The van der Waals surface area contributed by atoms with Crippen molar-refractivity contribution in [2.45, 2.75) is 52.5 Å². The van der Waals surface area contributed by atoms with E-state index in [-0.39, 0.29) is 5.91 Å². The molecule has 1 saturated carbocycles. The van der Waals surface area contributed by atoms with Gasteiger partial charge in [-0.15, -0.1) is 0 Å². The Balaban J connectivity index is 1.49. The quantitative estimate of drug-likeness (QED) is 0.430. The van der Waals surface area contributed by atoms with E-state index >= 15 is 0 Å². The number of aliphatic imine (C=N–C) groups is 1. The molecule has 6 heteroatoms. The van der Waals surface area contributed by atoms with Crippen LogP contribution in [0.1, 0.15) is 43.7 Å². The normalized spacial score (nSPS) is 17.6. The molecule has 2 aliphatic rings. The van der Waals surface area contributed by atoms with E-state index in [4.69, 9.17) is 4.99 Å². The summed E-state index contributed by atoms with van der Waals surface area (Å²) in [6.07, 6.45) is 3.65. The minimum atomic E-state index is 0.171. The van der Waals surface area contributed by atoms with Crippen LogP contribution in [-0.2, 0) is 4.79 Å². The maximum atomic E-state index is 11.8. The number of nitrogens with zero attached hydrogens (tertiary/aromatic N) is 3. The van der Waals surface area contributed by atoms with E-state index in [1.165, 1.54) is 16.8 Å². The average Bonchev–Trinajstić information content (AvgIpc) is 3.50. The van der Waals surface area contributed by atoms with Crippen LogP contribution in [0, 0.1) is 13.8 Å². The summed E-state index contributed by atoms with van der Waals surface area (Å²) in [4.78, 5) is 21.4. The van der Waals surface area contributed by atoms with Crippen molar-refractivity contribution >= 4 is 17.6 Å². The van der Waals surface area contributed by atoms with Crippen LogP contribution in [0.25, 0.3) is 0 Å². The highest BCUT2D eigenvalue weighted by Crippen LogP contribution is 2.24. The number of aryl methyl sites for hydroxylation is 1. The molecule has 1 amide bonds. The first-order chi connectivity index (χ1) is 13.6. The van der Waals surface area contributed by atoms with Crippen LogP contribution in [0.3, 0.4) is 0 Å². The number of guanidine groups is 1. The third-order valence-corrected chi connectivity index (χ3v) is 5.60. The molecule has 0 spiro atoms. The van der Waals surface area contributed by atoms with Crippen molar-refractivity contribution in [3.05, 3.63) is 29.3 Å². The molecule has 1 aliphatic carbocycles. The van der Waals surface area contributed by atoms with Crippen LogP contribution in [0.4, 0.5) is 5.69 Å². The lowest BCUT2D eigenvalue weighted by atomic mass is 10.1. The number of carbonyl (C=O) groups is 1. The van der Waals surface area contributed by atoms with Gasteiger partial charge in [-0.2, -0.15) is 0 Å². The van der Waals surface area contributed by atoms with E-state index in [1.807, 2.05) is 0 Å². The number of hydrogen-bond donors (Lipinski definition) is 2. The zero-order valence-electron chi connectivity index (χ0n) is 17.6. The molecule has 0 aromatic heterocycles. The lowest BCUT2D eigenvalue weighted by molar-refractivity contribution is -0.121. The predicted molar refractivity (Wildman–Crippen MR) is 116 cm³/mol. The monoisotopic (exact) mass is 385 g/mol. The Kier molecular flexibility index (Phi) is 7.18. The van der Waals surface area contributed by atoms with Gasteiger partial charge in [-0.3, -0.25) is 9.79 Å². The highest BCUT2D eigenvalue weighted by Gasteiger charge is 2.23. The molecule has 2 N–H and O–H groups in total. The zero-order valence-corrected chi connectivity index (χ0v) is 17.6. The van der Waals surface area contributed by atoms with E-state index in [1.54, 1.807) is 0 Å². The summed E-state index contributed by atoms with van der Waals surface area (Å²) in [6.45, 7) is 12.0. The van der Waals surface area contributed by atoms with Crippen LogP contribution in [-0.4, -0.2) is 62.1 Å². The Morgan fingerprint density at radius 2 is 1.93 bits per heavy atom. The number of benzene rings is 1. The van der Waals surface area contributed by atoms with Crippen LogP contribution >= 0.6 is 0 Å². The molecule has 1 heterocycles. The SMILES string of the molecule is CCNC(=NCCCC(=O)NC1CC1)N1CCN(c2cccc(C)c2C)CC1. The van der Waals surface area contributed by atoms with Gasteiger partial charge in [0.1, 0.15) is 0 Å². The average molecular weight is 386 g/mol. The van der Waals surface area contributed by atoms with E-state index in [0.717, 1.165) is 57.9 Å². The van der Waals surface area contributed by atoms with Gasteiger partial charge in [-0.1, -0.05) is 12.1 Å². The first-order valence-corrected chi connectivity index (χ1v) is 10.7. The molecule has 28 heavy (non-hydrogen) atoms. The maximum Gasteiger partial charge on any atom is 0.220 e. The van der Waals surface area contributed by atoms with Gasteiger partial charge in [0.2, 0.25) is 5.91 Å². The molecule has 6 nitrogen and oxygen atoms in total. The van der Waals surface area contributed by atoms with Gasteiger partial charge in [-0.25, -0.2) is 0 Å². The minimum absolute atomic E-state index is 0.171. The summed E-state index contributed by atoms with van der Waals surface area (Å²) in [5, 5.41) is 6.46. The van der Waals surface area contributed by atoms with Crippen LogP contribution < -0.4 is 15.5 Å². The Morgan fingerprint density at radius 3 is 2.61 bits per heavy atom. The molecule has 1 aliphatic heterocycles. The summed E-state index contributed by atoms with van der Waals surface area (Å²) in [5.74, 6) is 1.15. The second-order valence-electron chi connectivity index (χ2n) is 7.87. The number of nitrogens with one attached hydrogen (secondary N) is 2. The van der Waals surface area contributed by atoms with Gasteiger partial charge >= 0.3 is 0 Å². The largest absolute Gasteiger partial charge is 0.368 e. The van der Waals surface area contributed by atoms with Gasteiger partial charge in [0.25, 0.3) is 0 Å². The lowest BCUT2D eigenvalue weighted by Crippen LogP contribution is -2.52. The first kappa shape index (κ1) is 20.5. The maximum absolute atomic E-state index is 11.8. The summed E-state index contributed by atoms with van der Waals surface area (Å²) >= 11 is 0. The highest BCUT2D eigenvalue weighted by molar-refractivity contribution is 5.80. The molecule has 1 saturated heterocycles. The third-order valence-electron chi connectivity index (χ3n) is 5.60. The van der Waals surface area contributed by atoms with E-state index in [0.29, 0.717) is 19.0 Å². The Labute approximate surface area is 169 Å². The molecule has 154 valence electrons. The van der Waals surface area contributed by atoms with Crippen molar-refractivity contribution in [2.24, 2.45) is 4.99 Å². The van der Waals surface area contributed by atoms with Gasteiger partial charge in [-0.05, 0) is 57.2 Å². The highest BCUT2D eigenvalue weighted by atomic mass is 16.1. The predicted octanol–water partition coefficient (Wildman–Crippen LogP) is 2.45. The van der Waals surface area contributed by atoms with Gasteiger partial charge < -0.3 is 20.4 Å². The fourth-order valence-electron chi connectivity index (χ4n) is 3.62. The number of piperazine rings is 1. The molecule has 2 fully saturated rings. The molecular formula is C22H35N5O.